The van der Waals surface area contributed by atoms with Gasteiger partial charge in [-0.05, 0) is 19.5 Å². The van der Waals surface area contributed by atoms with Gasteiger partial charge in [-0.2, -0.15) is 10.1 Å². The van der Waals surface area contributed by atoms with Crippen molar-refractivity contribution in [2.24, 2.45) is 0 Å². The summed E-state index contributed by atoms with van der Waals surface area (Å²) in [5, 5.41) is 12.3. The van der Waals surface area contributed by atoms with E-state index in [-0.39, 0.29) is 0 Å². The van der Waals surface area contributed by atoms with E-state index >= 15 is 0 Å². The molecule has 116 valence electrons. The molecule has 0 unspecified atom stereocenters. The average molecular weight is 308 g/mol. The second kappa shape index (κ2) is 8.19. The van der Waals surface area contributed by atoms with Crippen LogP contribution in [0, 0.1) is 0 Å². The number of fused-ring (bicyclic) bond motifs is 1. The van der Waals surface area contributed by atoms with Gasteiger partial charge in [0.15, 0.2) is 5.65 Å². The Labute approximate surface area is 130 Å². The summed E-state index contributed by atoms with van der Waals surface area (Å²) >= 11 is 1.77. The Bertz CT molecular complexity index is 551. The van der Waals surface area contributed by atoms with Gasteiger partial charge in [0, 0.05) is 18.8 Å². The standard InChI is InChI=1S/C14H24N6S/c1-4-7-15-14-17-12-11(10-16-19-12)13(18-14)21-9-8-20(5-2)6-3/h10H,4-9H2,1-3H3,(H2,15,16,17,18,19). The molecular weight excluding hydrogens is 284 g/mol. The topological polar surface area (TPSA) is 69.7 Å². The Morgan fingerprint density at radius 3 is 2.76 bits per heavy atom. The lowest BCUT2D eigenvalue weighted by atomic mass is 10.4. The van der Waals surface area contributed by atoms with E-state index in [2.05, 4.69) is 51.2 Å². The second-order valence-electron chi connectivity index (χ2n) is 4.79. The maximum absolute atomic E-state index is 4.62. The molecular formula is C14H24N6S. The molecule has 2 heterocycles. The van der Waals surface area contributed by atoms with Gasteiger partial charge in [0.05, 0.1) is 11.6 Å². The number of rotatable bonds is 9. The van der Waals surface area contributed by atoms with Crippen LogP contribution in [-0.4, -0.2) is 57.0 Å². The Morgan fingerprint density at radius 1 is 1.24 bits per heavy atom. The summed E-state index contributed by atoms with van der Waals surface area (Å²) in [6.07, 6.45) is 2.85. The zero-order valence-corrected chi connectivity index (χ0v) is 13.8. The Kier molecular flexibility index (Phi) is 6.25. The lowest BCUT2D eigenvalue weighted by molar-refractivity contribution is 0.324. The predicted octanol–water partition coefficient (Wildman–Crippen LogP) is 2.61. The molecule has 0 amide bonds. The molecule has 21 heavy (non-hydrogen) atoms. The van der Waals surface area contributed by atoms with E-state index in [1.807, 2.05) is 0 Å². The maximum Gasteiger partial charge on any atom is 0.225 e. The maximum atomic E-state index is 4.62. The molecule has 0 aromatic carbocycles. The zero-order valence-electron chi connectivity index (χ0n) is 13.0. The van der Waals surface area contributed by atoms with Crippen LogP contribution in [0.4, 0.5) is 5.95 Å². The van der Waals surface area contributed by atoms with Gasteiger partial charge in [0.2, 0.25) is 5.95 Å². The van der Waals surface area contributed by atoms with Gasteiger partial charge in [-0.1, -0.05) is 20.8 Å². The van der Waals surface area contributed by atoms with Gasteiger partial charge in [0.25, 0.3) is 0 Å². The Morgan fingerprint density at radius 2 is 2.05 bits per heavy atom. The van der Waals surface area contributed by atoms with Crippen molar-refractivity contribution >= 4 is 28.7 Å². The molecule has 2 aromatic rings. The van der Waals surface area contributed by atoms with Crippen molar-refractivity contribution in [3.05, 3.63) is 6.20 Å². The van der Waals surface area contributed by atoms with Crippen molar-refractivity contribution in [1.29, 1.82) is 0 Å². The van der Waals surface area contributed by atoms with Gasteiger partial charge in [-0.25, -0.2) is 4.98 Å². The summed E-state index contributed by atoms with van der Waals surface area (Å²) in [6, 6.07) is 0. The zero-order chi connectivity index (χ0) is 15.1. The minimum absolute atomic E-state index is 0.680. The van der Waals surface area contributed by atoms with Crippen LogP contribution < -0.4 is 5.32 Å². The smallest absolute Gasteiger partial charge is 0.225 e. The third-order valence-electron chi connectivity index (χ3n) is 3.35. The van der Waals surface area contributed by atoms with E-state index in [1.54, 1.807) is 18.0 Å². The highest BCUT2D eigenvalue weighted by molar-refractivity contribution is 7.99. The molecule has 2 aromatic heterocycles. The highest BCUT2D eigenvalue weighted by Crippen LogP contribution is 2.25. The van der Waals surface area contributed by atoms with Crippen LogP contribution in [0.1, 0.15) is 27.2 Å². The van der Waals surface area contributed by atoms with Crippen molar-refractivity contribution < 1.29 is 0 Å². The quantitative estimate of drug-likeness (QED) is 0.548. The molecule has 0 saturated carbocycles. The molecule has 0 aliphatic heterocycles. The fourth-order valence-corrected chi connectivity index (χ4v) is 3.04. The summed E-state index contributed by atoms with van der Waals surface area (Å²) in [6.45, 7) is 10.6. The first-order valence-electron chi connectivity index (χ1n) is 7.58. The fourth-order valence-electron chi connectivity index (χ4n) is 2.05. The van der Waals surface area contributed by atoms with Crippen LogP contribution in [0.3, 0.4) is 0 Å². The van der Waals surface area contributed by atoms with E-state index in [1.165, 1.54) is 0 Å². The van der Waals surface area contributed by atoms with Crippen LogP contribution >= 0.6 is 11.8 Å². The number of nitrogens with one attached hydrogen (secondary N) is 2. The first-order valence-corrected chi connectivity index (χ1v) is 8.57. The summed E-state index contributed by atoms with van der Waals surface area (Å²) in [5.74, 6) is 1.70. The van der Waals surface area contributed by atoms with Crippen LogP contribution in [0.2, 0.25) is 0 Å². The lowest BCUT2D eigenvalue weighted by Gasteiger charge is -2.17. The molecule has 0 atom stereocenters. The molecule has 6 nitrogen and oxygen atoms in total. The average Bonchev–Trinajstić information content (AvgIpc) is 2.98. The fraction of sp³-hybridized carbons (Fsp3) is 0.643. The van der Waals surface area contributed by atoms with Crippen LogP contribution in [0.15, 0.2) is 11.2 Å². The molecule has 0 radical (unpaired) electrons. The third-order valence-corrected chi connectivity index (χ3v) is 4.32. The van der Waals surface area contributed by atoms with E-state index < -0.39 is 0 Å². The van der Waals surface area contributed by atoms with Gasteiger partial charge < -0.3 is 10.2 Å². The lowest BCUT2D eigenvalue weighted by Crippen LogP contribution is -2.25. The molecule has 0 aliphatic carbocycles. The molecule has 7 heteroatoms. The van der Waals surface area contributed by atoms with Gasteiger partial charge in [-0.15, -0.1) is 11.8 Å². The summed E-state index contributed by atoms with van der Waals surface area (Å²) in [4.78, 5) is 11.5. The largest absolute Gasteiger partial charge is 0.354 e. The minimum Gasteiger partial charge on any atom is -0.354 e. The molecule has 0 bridgehead atoms. The molecule has 2 rings (SSSR count). The number of hydrogen-bond donors (Lipinski definition) is 2. The first-order chi connectivity index (χ1) is 10.3. The van der Waals surface area contributed by atoms with Crippen molar-refractivity contribution in [3.8, 4) is 0 Å². The number of thioether (sulfide) groups is 1. The highest BCUT2D eigenvalue weighted by atomic mass is 32.2. The monoisotopic (exact) mass is 308 g/mol. The number of anilines is 1. The second-order valence-corrected chi connectivity index (χ2v) is 5.87. The number of aromatic nitrogens is 4. The highest BCUT2D eigenvalue weighted by Gasteiger charge is 2.10. The van der Waals surface area contributed by atoms with Crippen LogP contribution in [-0.2, 0) is 0 Å². The summed E-state index contributed by atoms with van der Waals surface area (Å²) < 4.78 is 0. The number of nitrogens with zero attached hydrogens (tertiary/aromatic N) is 4. The molecule has 0 spiro atoms. The molecule has 0 fully saturated rings. The van der Waals surface area contributed by atoms with Crippen LogP contribution in [0.25, 0.3) is 11.0 Å². The molecule has 0 aliphatic rings. The summed E-state index contributed by atoms with van der Waals surface area (Å²) in [5.41, 5.74) is 0.800. The van der Waals surface area contributed by atoms with E-state index in [4.69, 9.17) is 0 Å². The van der Waals surface area contributed by atoms with Crippen molar-refractivity contribution in [3.63, 3.8) is 0 Å². The predicted molar refractivity (Wildman–Crippen MR) is 89.0 cm³/mol. The van der Waals surface area contributed by atoms with E-state index in [0.29, 0.717) is 5.95 Å². The Hall–Kier alpha value is -1.34. The normalized spacial score (nSPS) is 11.4. The Balaban J connectivity index is 2.07. The third kappa shape index (κ3) is 4.31. The first kappa shape index (κ1) is 16.0. The van der Waals surface area contributed by atoms with E-state index in [0.717, 1.165) is 54.4 Å². The van der Waals surface area contributed by atoms with Crippen molar-refractivity contribution in [1.82, 2.24) is 25.1 Å². The number of aromatic amines is 1. The van der Waals surface area contributed by atoms with Gasteiger partial charge in [0.1, 0.15) is 5.03 Å². The molecule has 0 saturated heterocycles. The van der Waals surface area contributed by atoms with Gasteiger partial charge in [-0.3, -0.25) is 5.10 Å². The SMILES string of the molecule is CCCNc1nc(SCCN(CC)CC)c2cn[nH]c2n1. The summed E-state index contributed by atoms with van der Waals surface area (Å²) in [7, 11) is 0. The number of H-pyrrole nitrogens is 1. The van der Waals surface area contributed by atoms with E-state index in [9.17, 15) is 0 Å². The molecule has 2 N–H and O–H groups in total. The minimum atomic E-state index is 0.680. The van der Waals surface area contributed by atoms with Crippen molar-refractivity contribution in [2.45, 2.75) is 32.2 Å². The van der Waals surface area contributed by atoms with Gasteiger partial charge >= 0.3 is 0 Å². The van der Waals surface area contributed by atoms with Crippen LogP contribution in [0.5, 0.6) is 0 Å². The van der Waals surface area contributed by atoms with Crippen molar-refractivity contribution in [2.75, 3.05) is 37.2 Å². The number of hydrogen-bond acceptors (Lipinski definition) is 6.